The van der Waals surface area contributed by atoms with Gasteiger partial charge in [-0.25, -0.2) is 0 Å². The highest BCUT2D eigenvalue weighted by molar-refractivity contribution is 5.29. The van der Waals surface area contributed by atoms with Gasteiger partial charge in [-0.1, -0.05) is 37.6 Å². The zero-order valence-electron chi connectivity index (χ0n) is 15.4. The van der Waals surface area contributed by atoms with Gasteiger partial charge in [0.1, 0.15) is 11.5 Å². The normalized spacial score (nSPS) is 9.83. The third kappa shape index (κ3) is 8.02. The second-order valence-electron chi connectivity index (χ2n) is 5.42. The Bertz CT molecular complexity index is 547. The summed E-state index contributed by atoms with van der Waals surface area (Å²) >= 11 is 0. The van der Waals surface area contributed by atoms with Crippen molar-refractivity contribution in [1.29, 1.82) is 0 Å². The zero-order valence-corrected chi connectivity index (χ0v) is 15.4. The summed E-state index contributed by atoms with van der Waals surface area (Å²) in [5.41, 5.74) is 2.60. The highest BCUT2D eigenvalue weighted by Crippen LogP contribution is 2.15. The van der Waals surface area contributed by atoms with Crippen LogP contribution in [0.4, 0.5) is 0 Å². The van der Waals surface area contributed by atoms with E-state index in [0.717, 1.165) is 30.9 Å². The SMILES string of the molecule is CCCc1ccc(OCCc2cccc(OC)c2)cc1.CCOC. The fourth-order valence-electron chi connectivity index (χ4n) is 2.16. The van der Waals surface area contributed by atoms with E-state index in [0.29, 0.717) is 6.61 Å². The first-order valence-electron chi connectivity index (χ1n) is 8.57. The van der Waals surface area contributed by atoms with Crippen molar-refractivity contribution >= 4 is 0 Å². The summed E-state index contributed by atoms with van der Waals surface area (Å²) < 4.78 is 15.5. The summed E-state index contributed by atoms with van der Waals surface area (Å²) in [5.74, 6) is 1.83. The molecule has 132 valence electrons. The molecule has 0 amide bonds. The molecule has 2 aromatic rings. The molecule has 0 heterocycles. The van der Waals surface area contributed by atoms with Crippen LogP contribution in [0.5, 0.6) is 11.5 Å². The molecule has 0 N–H and O–H groups in total. The van der Waals surface area contributed by atoms with Crippen LogP contribution in [-0.4, -0.2) is 27.4 Å². The van der Waals surface area contributed by atoms with E-state index < -0.39 is 0 Å². The average Bonchev–Trinajstić information content (AvgIpc) is 2.64. The zero-order chi connectivity index (χ0) is 17.6. The molecule has 0 fully saturated rings. The first-order valence-corrected chi connectivity index (χ1v) is 8.57. The van der Waals surface area contributed by atoms with E-state index in [9.17, 15) is 0 Å². The smallest absolute Gasteiger partial charge is 0.119 e. The number of hydrogen-bond donors (Lipinski definition) is 0. The Kier molecular flexibility index (Phi) is 10.4. The van der Waals surface area contributed by atoms with E-state index in [4.69, 9.17) is 9.47 Å². The summed E-state index contributed by atoms with van der Waals surface area (Å²) in [6.45, 7) is 5.65. The maximum atomic E-state index is 5.78. The Hall–Kier alpha value is -2.00. The molecule has 2 rings (SSSR count). The lowest BCUT2D eigenvalue weighted by molar-refractivity contribution is 0.215. The molecule has 0 aromatic heterocycles. The van der Waals surface area contributed by atoms with E-state index in [2.05, 4.69) is 42.0 Å². The first kappa shape index (κ1) is 20.0. The molecule has 0 radical (unpaired) electrons. The Morgan fingerprint density at radius 3 is 2.08 bits per heavy atom. The van der Waals surface area contributed by atoms with Crippen LogP contribution in [0.3, 0.4) is 0 Å². The van der Waals surface area contributed by atoms with Gasteiger partial charge in [-0.2, -0.15) is 0 Å². The molecule has 0 saturated heterocycles. The fourth-order valence-corrected chi connectivity index (χ4v) is 2.16. The minimum atomic E-state index is 0.681. The van der Waals surface area contributed by atoms with Crippen molar-refractivity contribution in [2.24, 2.45) is 0 Å². The van der Waals surface area contributed by atoms with Crippen LogP contribution >= 0.6 is 0 Å². The largest absolute Gasteiger partial charge is 0.497 e. The van der Waals surface area contributed by atoms with Crippen LogP contribution in [0.2, 0.25) is 0 Å². The third-order valence-electron chi connectivity index (χ3n) is 3.54. The van der Waals surface area contributed by atoms with E-state index in [1.165, 1.54) is 17.5 Å². The third-order valence-corrected chi connectivity index (χ3v) is 3.54. The Balaban J connectivity index is 0.000000648. The van der Waals surface area contributed by atoms with Gasteiger partial charge < -0.3 is 14.2 Å². The predicted molar refractivity (Wildman–Crippen MR) is 100 cm³/mol. The Morgan fingerprint density at radius 1 is 0.792 bits per heavy atom. The second kappa shape index (κ2) is 12.4. The average molecular weight is 330 g/mol. The molecule has 24 heavy (non-hydrogen) atoms. The predicted octanol–water partition coefficient (Wildman–Crippen LogP) is 4.92. The van der Waals surface area contributed by atoms with E-state index in [1.54, 1.807) is 14.2 Å². The molecule has 0 spiro atoms. The van der Waals surface area contributed by atoms with Crippen LogP contribution in [-0.2, 0) is 17.6 Å². The van der Waals surface area contributed by atoms with Crippen LogP contribution in [0.15, 0.2) is 48.5 Å². The van der Waals surface area contributed by atoms with Gasteiger partial charge in [-0.05, 0) is 48.7 Å². The minimum Gasteiger partial charge on any atom is -0.497 e. The summed E-state index contributed by atoms with van der Waals surface area (Å²) in [6, 6.07) is 16.5. The number of hydrogen-bond acceptors (Lipinski definition) is 3. The minimum absolute atomic E-state index is 0.681. The molecular weight excluding hydrogens is 300 g/mol. The molecule has 2 aromatic carbocycles. The summed E-state index contributed by atoms with van der Waals surface area (Å²) in [6.07, 6.45) is 3.19. The van der Waals surface area contributed by atoms with Crippen LogP contribution in [0.1, 0.15) is 31.4 Å². The van der Waals surface area contributed by atoms with Gasteiger partial charge in [0.2, 0.25) is 0 Å². The van der Waals surface area contributed by atoms with Gasteiger partial charge in [-0.3, -0.25) is 0 Å². The van der Waals surface area contributed by atoms with Gasteiger partial charge in [0.05, 0.1) is 13.7 Å². The number of rotatable bonds is 8. The Labute approximate surface area is 146 Å². The standard InChI is InChI=1S/C18H22O2.C3H8O/c1-3-5-15-8-10-17(11-9-15)20-13-12-16-6-4-7-18(14-16)19-2;1-3-4-2/h4,6-11,14H,3,5,12-13H2,1-2H3;3H2,1-2H3. The molecule has 3 nitrogen and oxygen atoms in total. The molecule has 0 aliphatic heterocycles. The molecule has 0 atom stereocenters. The number of methoxy groups -OCH3 is 2. The van der Waals surface area contributed by atoms with Crippen molar-refractivity contribution in [1.82, 2.24) is 0 Å². The van der Waals surface area contributed by atoms with E-state index in [1.807, 2.05) is 25.1 Å². The topological polar surface area (TPSA) is 27.7 Å². The first-order chi connectivity index (χ1) is 11.7. The molecule has 0 saturated carbocycles. The van der Waals surface area contributed by atoms with Gasteiger partial charge >= 0.3 is 0 Å². The fraction of sp³-hybridized carbons (Fsp3) is 0.429. The van der Waals surface area contributed by atoms with Crippen molar-refractivity contribution in [3.63, 3.8) is 0 Å². The summed E-state index contributed by atoms with van der Waals surface area (Å²) in [5, 5.41) is 0. The second-order valence-corrected chi connectivity index (χ2v) is 5.42. The molecule has 0 bridgehead atoms. The summed E-state index contributed by atoms with van der Waals surface area (Å²) in [4.78, 5) is 0. The quantitative estimate of drug-likeness (QED) is 0.687. The van der Waals surface area contributed by atoms with Gasteiger partial charge in [0.25, 0.3) is 0 Å². The molecule has 0 aliphatic rings. The molecule has 0 unspecified atom stereocenters. The van der Waals surface area contributed by atoms with Crippen molar-refractivity contribution < 1.29 is 14.2 Å². The number of benzene rings is 2. The van der Waals surface area contributed by atoms with E-state index >= 15 is 0 Å². The maximum Gasteiger partial charge on any atom is 0.119 e. The van der Waals surface area contributed by atoms with Crippen molar-refractivity contribution in [3.8, 4) is 11.5 Å². The highest BCUT2D eigenvalue weighted by Gasteiger charge is 1.98. The van der Waals surface area contributed by atoms with E-state index in [-0.39, 0.29) is 0 Å². The number of ether oxygens (including phenoxy) is 3. The Morgan fingerprint density at radius 2 is 1.50 bits per heavy atom. The lowest BCUT2D eigenvalue weighted by Crippen LogP contribution is -2.01. The lowest BCUT2D eigenvalue weighted by atomic mass is 10.1. The highest BCUT2D eigenvalue weighted by atomic mass is 16.5. The van der Waals surface area contributed by atoms with Gasteiger partial charge in [-0.15, -0.1) is 0 Å². The lowest BCUT2D eigenvalue weighted by Gasteiger charge is -2.08. The monoisotopic (exact) mass is 330 g/mol. The van der Waals surface area contributed by atoms with Gasteiger partial charge in [0.15, 0.2) is 0 Å². The van der Waals surface area contributed by atoms with Crippen molar-refractivity contribution in [3.05, 3.63) is 59.7 Å². The summed E-state index contributed by atoms with van der Waals surface area (Å²) in [7, 11) is 3.37. The van der Waals surface area contributed by atoms with Crippen LogP contribution in [0, 0.1) is 0 Å². The van der Waals surface area contributed by atoms with Gasteiger partial charge in [0, 0.05) is 20.1 Å². The van der Waals surface area contributed by atoms with Crippen LogP contribution < -0.4 is 9.47 Å². The number of aryl methyl sites for hydroxylation is 1. The molecule has 0 aliphatic carbocycles. The van der Waals surface area contributed by atoms with Crippen molar-refractivity contribution in [2.75, 3.05) is 27.4 Å². The molecular formula is C21H30O3. The maximum absolute atomic E-state index is 5.78. The van der Waals surface area contributed by atoms with Crippen molar-refractivity contribution in [2.45, 2.75) is 33.1 Å². The molecule has 3 heteroatoms. The van der Waals surface area contributed by atoms with Crippen LogP contribution in [0.25, 0.3) is 0 Å².